The predicted octanol–water partition coefficient (Wildman–Crippen LogP) is 4.49. The first-order valence-corrected chi connectivity index (χ1v) is 6.42. The van der Waals surface area contributed by atoms with Crippen molar-refractivity contribution in [3.8, 4) is 11.5 Å². The number of halogens is 1. The van der Waals surface area contributed by atoms with Crippen LogP contribution in [0, 0.1) is 0 Å². The second-order valence-electron chi connectivity index (χ2n) is 4.26. The van der Waals surface area contributed by atoms with Gasteiger partial charge in [0.15, 0.2) is 6.29 Å². The Balaban J connectivity index is 2.01. The van der Waals surface area contributed by atoms with Gasteiger partial charge in [0.05, 0.1) is 11.1 Å². The SMILES string of the molecule is O=Cc1cc2cc(Oc3ccccc3)ccc2nc1Cl. The number of para-hydroxylation sites is 1. The van der Waals surface area contributed by atoms with E-state index in [0.717, 1.165) is 16.7 Å². The van der Waals surface area contributed by atoms with E-state index in [1.54, 1.807) is 6.07 Å². The zero-order valence-corrected chi connectivity index (χ0v) is 11.2. The molecule has 0 bridgehead atoms. The molecule has 0 N–H and O–H groups in total. The van der Waals surface area contributed by atoms with Crippen molar-refractivity contribution >= 4 is 28.8 Å². The van der Waals surface area contributed by atoms with Crippen molar-refractivity contribution in [2.24, 2.45) is 0 Å². The quantitative estimate of drug-likeness (QED) is 0.525. The number of fused-ring (bicyclic) bond motifs is 1. The van der Waals surface area contributed by atoms with Gasteiger partial charge in [-0.3, -0.25) is 4.79 Å². The Labute approximate surface area is 120 Å². The summed E-state index contributed by atoms with van der Waals surface area (Å²) in [5.74, 6) is 1.44. The smallest absolute Gasteiger partial charge is 0.153 e. The van der Waals surface area contributed by atoms with Gasteiger partial charge in [0.25, 0.3) is 0 Å². The highest BCUT2D eigenvalue weighted by Gasteiger charge is 2.05. The number of hydrogen-bond acceptors (Lipinski definition) is 3. The van der Waals surface area contributed by atoms with Crippen LogP contribution in [0.4, 0.5) is 0 Å². The van der Waals surface area contributed by atoms with E-state index >= 15 is 0 Å². The topological polar surface area (TPSA) is 39.2 Å². The first-order chi connectivity index (χ1) is 9.76. The van der Waals surface area contributed by atoms with Gasteiger partial charge in [0.2, 0.25) is 0 Å². The Morgan fingerprint density at radius 3 is 2.55 bits per heavy atom. The number of aldehydes is 1. The molecule has 0 atom stereocenters. The average molecular weight is 284 g/mol. The van der Waals surface area contributed by atoms with Crippen LogP contribution in [0.5, 0.6) is 11.5 Å². The predicted molar refractivity (Wildman–Crippen MR) is 78.7 cm³/mol. The molecule has 0 unspecified atom stereocenters. The van der Waals surface area contributed by atoms with Crippen LogP contribution >= 0.6 is 11.6 Å². The lowest BCUT2D eigenvalue weighted by molar-refractivity contribution is 0.112. The number of nitrogens with zero attached hydrogens (tertiary/aromatic N) is 1. The van der Waals surface area contributed by atoms with Gasteiger partial charge < -0.3 is 4.74 Å². The van der Waals surface area contributed by atoms with E-state index in [9.17, 15) is 4.79 Å². The highest BCUT2D eigenvalue weighted by molar-refractivity contribution is 6.32. The minimum Gasteiger partial charge on any atom is -0.457 e. The Morgan fingerprint density at radius 1 is 1.00 bits per heavy atom. The van der Waals surface area contributed by atoms with E-state index < -0.39 is 0 Å². The molecule has 20 heavy (non-hydrogen) atoms. The summed E-state index contributed by atoms with van der Waals surface area (Å²) in [6.45, 7) is 0. The number of pyridine rings is 1. The molecule has 0 radical (unpaired) electrons. The fraction of sp³-hybridized carbons (Fsp3) is 0. The Bertz CT molecular complexity index is 772. The fourth-order valence-electron chi connectivity index (χ4n) is 1.92. The van der Waals surface area contributed by atoms with Gasteiger partial charge in [-0.05, 0) is 36.4 Å². The number of hydrogen-bond donors (Lipinski definition) is 0. The fourth-order valence-corrected chi connectivity index (χ4v) is 2.11. The van der Waals surface area contributed by atoms with Crippen molar-refractivity contribution in [3.63, 3.8) is 0 Å². The summed E-state index contributed by atoms with van der Waals surface area (Å²) < 4.78 is 5.74. The van der Waals surface area contributed by atoms with Gasteiger partial charge in [0.1, 0.15) is 16.7 Å². The molecule has 0 saturated carbocycles. The molecule has 0 aliphatic rings. The third-order valence-corrected chi connectivity index (χ3v) is 3.18. The summed E-state index contributed by atoms with van der Waals surface area (Å²) >= 11 is 5.90. The van der Waals surface area contributed by atoms with Gasteiger partial charge in [-0.2, -0.15) is 0 Å². The number of carbonyl (C=O) groups excluding carboxylic acids is 1. The number of aromatic nitrogens is 1. The molecule has 0 aliphatic carbocycles. The molecule has 4 heteroatoms. The molecule has 3 aromatic rings. The minimum absolute atomic E-state index is 0.212. The second-order valence-corrected chi connectivity index (χ2v) is 4.61. The van der Waals surface area contributed by atoms with Gasteiger partial charge in [0, 0.05) is 5.39 Å². The van der Waals surface area contributed by atoms with Gasteiger partial charge in [-0.1, -0.05) is 29.8 Å². The van der Waals surface area contributed by atoms with E-state index in [1.807, 2.05) is 48.5 Å². The average Bonchev–Trinajstić information content (AvgIpc) is 2.48. The van der Waals surface area contributed by atoms with Crippen LogP contribution in [0.1, 0.15) is 10.4 Å². The van der Waals surface area contributed by atoms with Crippen molar-refractivity contribution in [1.82, 2.24) is 4.98 Å². The van der Waals surface area contributed by atoms with Crippen LogP contribution in [-0.2, 0) is 0 Å². The van der Waals surface area contributed by atoms with Crippen LogP contribution in [-0.4, -0.2) is 11.3 Å². The standard InChI is InChI=1S/C16H10ClNO2/c17-16-12(10-19)8-11-9-14(6-7-15(11)18-16)20-13-4-2-1-3-5-13/h1-10H. The third-order valence-electron chi connectivity index (χ3n) is 2.87. The zero-order chi connectivity index (χ0) is 13.9. The van der Waals surface area contributed by atoms with Crippen molar-refractivity contribution in [1.29, 1.82) is 0 Å². The maximum Gasteiger partial charge on any atom is 0.153 e. The van der Waals surface area contributed by atoms with Crippen molar-refractivity contribution in [2.45, 2.75) is 0 Å². The molecule has 0 saturated heterocycles. The van der Waals surface area contributed by atoms with Gasteiger partial charge in [-0.25, -0.2) is 4.98 Å². The van der Waals surface area contributed by atoms with E-state index in [-0.39, 0.29) is 5.15 Å². The van der Waals surface area contributed by atoms with E-state index in [4.69, 9.17) is 16.3 Å². The second kappa shape index (κ2) is 5.31. The van der Waals surface area contributed by atoms with Crippen LogP contribution in [0.25, 0.3) is 10.9 Å². The Hall–Kier alpha value is -2.39. The lowest BCUT2D eigenvalue weighted by atomic mass is 10.1. The highest BCUT2D eigenvalue weighted by atomic mass is 35.5. The van der Waals surface area contributed by atoms with E-state index in [0.29, 0.717) is 17.6 Å². The van der Waals surface area contributed by atoms with Crippen molar-refractivity contribution in [3.05, 3.63) is 65.3 Å². The minimum atomic E-state index is 0.212. The van der Waals surface area contributed by atoms with E-state index in [2.05, 4.69) is 4.98 Å². The van der Waals surface area contributed by atoms with Crippen LogP contribution < -0.4 is 4.74 Å². The van der Waals surface area contributed by atoms with Gasteiger partial charge in [-0.15, -0.1) is 0 Å². The molecule has 0 spiro atoms. The summed E-state index contributed by atoms with van der Waals surface area (Å²) in [7, 11) is 0. The van der Waals surface area contributed by atoms with Crippen LogP contribution in [0.15, 0.2) is 54.6 Å². The normalized spacial score (nSPS) is 10.4. The monoisotopic (exact) mass is 283 g/mol. The Kier molecular flexibility index (Phi) is 3.35. The molecule has 0 aliphatic heterocycles. The molecular weight excluding hydrogens is 274 g/mol. The molecule has 3 rings (SSSR count). The maximum atomic E-state index is 10.9. The molecule has 0 amide bonds. The molecular formula is C16H10ClNO2. The van der Waals surface area contributed by atoms with Crippen molar-refractivity contribution < 1.29 is 9.53 Å². The summed E-state index contributed by atoms with van der Waals surface area (Å²) in [5, 5.41) is 1.02. The summed E-state index contributed by atoms with van der Waals surface area (Å²) in [4.78, 5) is 15.1. The van der Waals surface area contributed by atoms with Gasteiger partial charge >= 0.3 is 0 Å². The number of carbonyl (C=O) groups is 1. The van der Waals surface area contributed by atoms with Crippen LogP contribution in [0.3, 0.4) is 0 Å². The molecule has 1 heterocycles. The number of rotatable bonds is 3. The summed E-state index contributed by atoms with van der Waals surface area (Å²) in [5.41, 5.74) is 1.09. The number of ether oxygens (including phenoxy) is 1. The lowest BCUT2D eigenvalue weighted by Crippen LogP contribution is -1.89. The highest BCUT2D eigenvalue weighted by Crippen LogP contribution is 2.26. The molecule has 1 aromatic heterocycles. The van der Waals surface area contributed by atoms with Crippen molar-refractivity contribution in [2.75, 3.05) is 0 Å². The lowest BCUT2D eigenvalue weighted by Gasteiger charge is -2.07. The molecule has 98 valence electrons. The largest absolute Gasteiger partial charge is 0.457 e. The first kappa shape index (κ1) is 12.6. The molecule has 3 nitrogen and oxygen atoms in total. The molecule has 0 fully saturated rings. The summed E-state index contributed by atoms with van der Waals surface area (Å²) in [6, 6.07) is 16.7. The number of benzene rings is 2. The Morgan fingerprint density at radius 2 is 1.80 bits per heavy atom. The zero-order valence-electron chi connectivity index (χ0n) is 10.4. The van der Waals surface area contributed by atoms with Crippen LogP contribution in [0.2, 0.25) is 5.15 Å². The summed E-state index contributed by atoms with van der Waals surface area (Å²) in [6.07, 6.45) is 0.694. The molecule has 2 aromatic carbocycles. The van der Waals surface area contributed by atoms with E-state index in [1.165, 1.54) is 0 Å². The third kappa shape index (κ3) is 2.49. The first-order valence-electron chi connectivity index (χ1n) is 6.04. The maximum absolute atomic E-state index is 10.9.